The second-order valence-electron chi connectivity index (χ2n) is 5.13. The molecule has 4 N–H and O–H groups in total. The van der Waals surface area contributed by atoms with E-state index in [1.54, 1.807) is 0 Å². The predicted octanol–water partition coefficient (Wildman–Crippen LogP) is 1.08. The number of unbranched alkanes of at least 4 members (excludes halogenated alkanes) is 1. The molecule has 0 radical (unpaired) electrons. The topological polar surface area (TPSA) is 67.2 Å². The molecule has 104 valence electrons. The van der Waals surface area contributed by atoms with Gasteiger partial charge in [-0.3, -0.25) is 4.79 Å². The van der Waals surface area contributed by atoms with Crippen molar-refractivity contribution in [3.63, 3.8) is 0 Å². The molecule has 0 atom stereocenters. The Bertz CT molecular complexity index is 431. The molecule has 4 heteroatoms. The highest BCUT2D eigenvalue weighted by Crippen LogP contribution is 2.15. The molecule has 0 spiro atoms. The SMILES string of the molecule is NC(=O)CCCCNCc1ccc2c(c1)CCNC2. The van der Waals surface area contributed by atoms with Crippen LogP contribution in [-0.2, 0) is 24.3 Å². The van der Waals surface area contributed by atoms with E-state index in [2.05, 4.69) is 28.8 Å². The fourth-order valence-electron chi connectivity index (χ4n) is 2.42. The molecule has 1 heterocycles. The van der Waals surface area contributed by atoms with Gasteiger partial charge >= 0.3 is 0 Å². The van der Waals surface area contributed by atoms with Crippen LogP contribution in [0.15, 0.2) is 18.2 Å². The van der Waals surface area contributed by atoms with Gasteiger partial charge in [0.15, 0.2) is 0 Å². The summed E-state index contributed by atoms with van der Waals surface area (Å²) in [6.07, 6.45) is 3.49. The number of nitrogens with one attached hydrogen (secondary N) is 2. The molecule has 1 aliphatic rings. The van der Waals surface area contributed by atoms with Gasteiger partial charge in [-0.2, -0.15) is 0 Å². The first-order chi connectivity index (χ1) is 9.25. The number of hydrogen-bond acceptors (Lipinski definition) is 3. The third-order valence-corrected chi connectivity index (χ3v) is 3.51. The molecular formula is C15H23N3O. The number of rotatable bonds is 7. The van der Waals surface area contributed by atoms with Crippen molar-refractivity contribution in [2.45, 2.75) is 38.8 Å². The van der Waals surface area contributed by atoms with E-state index >= 15 is 0 Å². The van der Waals surface area contributed by atoms with Gasteiger partial charge in [-0.1, -0.05) is 18.2 Å². The molecule has 0 bridgehead atoms. The largest absolute Gasteiger partial charge is 0.370 e. The van der Waals surface area contributed by atoms with Crippen molar-refractivity contribution < 1.29 is 4.79 Å². The summed E-state index contributed by atoms with van der Waals surface area (Å²) in [6, 6.07) is 6.74. The Morgan fingerprint density at radius 3 is 3.05 bits per heavy atom. The van der Waals surface area contributed by atoms with Crippen molar-refractivity contribution >= 4 is 5.91 Å². The Morgan fingerprint density at radius 1 is 1.32 bits per heavy atom. The summed E-state index contributed by atoms with van der Waals surface area (Å²) in [4.78, 5) is 10.6. The summed E-state index contributed by atoms with van der Waals surface area (Å²) in [6.45, 7) is 3.91. The first-order valence-electron chi connectivity index (χ1n) is 7.06. The van der Waals surface area contributed by atoms with Gasteiger partial charge in [0.05, 0.1) is 0 Å². The summed E-state index contributed by atoms with van der Waals surface area (Å²) >= 11 is 0. The monoisotopic (exact) mass is 261 g/mol. The maximum atomic E-state index is 10.6. The lowest BCUT2D eigenvalue weighted by Gasteiger charge is -2.18. The lowest BCUT2D eigenvalue weighted by atomic mass is 9.98. The molecule has 2 rings (SSSR count). The molecule has 0 saturated heterocycles. The summed E-state index contributed by atoms with van der Waals surface area (Å²) in [7, 11) is 0. The lowest BCUT2D eigenvalue weighted by molar-refractivity contribution is -0.118. The van der Waals surface area contributed by atoms with Crippen molar-refractivity contribution in [3.8, 4) is 0 Å². The van der Waals surface area contributed by atoms with E-state index in [4.69, 9.17) is 5.73 Å². The van der Waals surface area contributed by atoms with Gasteiger partial charge in [-0.15, -0.1) is 0 Å². The Labute approximate surface area is 114 Å². The molecule has 0 aromatic heterocycles. The van der Waals surface area contributed by atoms with Crippen LogP contribution in [0.25, 0.3) is 0 Å². The van der Waals surface area contributed by atoms with Crippen molar-refractivity contribution in [2.24, 2.45) is 5.73 Å². The number of benzene rings is 1. The van der Waals surface area contributed by atoms with Crippen LogP contribution in [-0.4, -0.2) is 19.0 Å². The quantitative estimate of drug-likeness (QED) is 0.643. The van der Waals surface area contributed by atoms with Gasteiger partial charge in [0, 0.05) is 19.5 Å². The van der Waals surface area contributed by atoms with Crippen molar-refractivity contribution in [2.75, 3.05) is 13.1 Å². The zero-order valence-electron chi connectivity index (χ0n) is 11.4. The maximum absolute atomic E-state index is 10.6. The normalized spacial score (nSPS) is 14.1. The number of amides is 1. The molecule has 0 unspecified atom stereocenters. The predicted molar refractivity (Wildman–Crippen MR) is 76.6 cm³/mol. The average Bonchev–Trinajstić information content (AvgIpc) is 2.42. The first-order valence-corrected chi connectivity index (χ1v) is 7.06. The van der Waals surface area contributed by atoms with Crippen LogP contribution in [0.2, 0.25) is 0 Å². The minimum Gasteiger partial charge on any atom is -0.370 e. The van der Waals surface area contributed by atoms with Gasteiger partial charge in [-0.05, 0) is 49.0 Å². The lowest BCUT2D eigenvalue weighted by Crippen LogP contribution is -2.24. The van der Waals surface area contributed by atoms with E-state index in [1.165, 1.54) is 16.7 Å². The fraction of sp³-hybridized carbons (Fsp3) is 0.533. The molecule has 1 amide bonds. The number of fused-ring (bicyclic) bond motifs is 1. The van der Waals surface area contributed by atoms with Crippen LogP contribution in [0.3, 0.4) is 0 Å². The molecule has 19 heavy (non-hydrogen) atoms. The zero-order chi connectivity index (χ0) is 13.5. The molecule has 1 aromatic carbocycles. The van der Waals surface area contributed by atoms with Crippen molar-refractivity contribution in [1.82, 2.24) is 10.6 Å². The highest BCUT2D eigenvalue weighted by atomic mass is 16.1. The minimum atomic E-state index is -0.205. The van der Waals surface area contributed by atoms with Crippen molar-refractivity contribution in [3.05, 3.63) is 34.9 Å². The Balaban J connectivity index is 1.70. The zero-order valence-corrected chi connectivity index (χ0v) is 11.4. The van der Waals surface area contributed by atoms with Gasteiger partial charge in [0.25, 0.3) is 0 Å². The standard InChI is InChI=1S/C15H23N3O/c16-15(19)3-1-2-7-17-10-12-4-5-14-11-18-8-6-13(14)9-12/h4-5,9,17-18H,1-3,6-8,10-11H2,(H2,16,19). The van der Waals surface area contributed by atoms with Gasteiger partial charge < -0.3 is 16.4 Å². The fourth-order valence-corrected chi connectivity index (χ4v) is 2.42. The Hall–Kier alpha value is -1.39. The van der Waals surface area contributed by atoms with E-state index in [-0.39, 0.29) is 5.91 Å². The van der Waals surface area contributed by atoms with Crippen LogP contribution in [0.4, 0.5) is 0 Å². The van der Waals surface area contributed by atoms with Gasteiger partial charge in [-0.25, -0.2) is 0 Å². The molecule has 1 aromatic rings. The minimum absolute atomic E-state index is 0.205. The highest BCUT2D eigenvalue weighted by Gasteiger charge is 2.08. The van der Waals surface area contributed by atoms with E-state index in [1.807, 2.05) is 0 Å². The average molecular weight is 261 g/mol. The first kappa shape index (κ1) is 14.0. The van der Waals surface area contributed by atoms with Crippen LogP contribution >= 0.6 is 0 Å². The second-order valence-corrected chi connectivity index (χ2v) is 5.13. The summed E-state index contributed by atoms with van der Waals surface area (Å²) < 4.78 is 0. The highest BCUT2D eigenvalue weighted by molar-refractivity contribution is 5.73. The van der Waals surface area contributed by atoms with Gasteiger partial charge in [0.1, 0.15) is 0 Å². The number of carbonyl (C=O) groups excluding carboxylic acids is 1. The molecular weight excluding hydrogens is 238 g/mol. The van der Waals surface area contributed by atoms with Crippen LogP contribution in [0, 0.1) is 0 Å². The number of nitrogens with two attached hydrogens (primary N) is 1. The van der Waals surface area contributed by atoms with E-state index in [0.717, 1.165) is 45.4 Å². The molecule has 0 aliphatic carbocycles. The van der Waals surface area contributed by atoms with Crippen LogP contribution in [0.5, 0.6) is 0 Å². The summed E-state index contributed by atoms with van der Waals surface area (Å²) in [5.74, 6) is -0.205. The van der Waals surface area contributed by atoms with Crippen LogP contribution in [0.1, 0.15) is 36.0 Å². The number of carbonyl (C=O) groups is 1. The molecule has 4 nitrogen and oxygen atoms in total. The van der Waals surface area contributed by atoms with E-state index in [0.29, 0.717) is 6.42 Å². The summed E-state index contributed by atoms with van der Waals surface area (Å²) in [5, 5.41) is 6.80. The van der Waals surface area contributed by atoms with Crippen LogP contribution < -0.4 is 16.4 Å². The maximum Gasteiger partial charge on any atom is 0.217 e. The number of hydrogen-bond donors (Lipinski definition) is 3. The molecule has 0 saturated carbocycles. The van der Waals surface area contributed by atoms with E-state index < -0.39 is 0 Å². The Morgan fingerprint density at radius 2 is 2.21 bits per heavy atom. The number of primary amides is 1. The third kappa shape index (κ3) is 4.65. The third-order valence-electron chi connectivity index (χ3n) is 3.51. The smallest absolute Gasteiger partial charge is 0.217 e. The molecule has 1 aliphatic heterocycles. The Kier molecular flexibility index (Phi) is 5.36. The second kappa shape index (κ2) is 7.26. The molecule has 0 fully saturated rings. The summed E-state index contributed by atoms with van der Waals surface area (Å²) in [5.41, 5.74) is 9.35. The van der Waals surface area contributed by atoms with Crippen molar-refractivity contribution in [1.29, 1.82) is 0 Å². The van der Waals surface area contributed by atoms with Gasteiger partial charge in [0.2, 0.25) is 5.91 Å². The van der Waals surface area contributed by atoms with E-state index in [9.17, 15) is 4.79 Å².